The first-order chi connectivity index (χ1) is 10.6. The molecule has 0 bridgehead atoms. The maximum atomic E-state index is 12.0. The zero-order valence-electron chi connectivity index (χ0n) is 11.7. The van der Waals surface area contributed by atoms with Gasteiger partial charge in [0.05, 0.1) is 7.11 Å². The van der Waals surface area contributed by atoms with Crippen LogP contribution in [0.5, 0.6) is 5.75 Å². The third kappa shape index (κ3) is 4.82. The second-order valence-corrected chi connectivity index (χ2v) is 6.11. The van der Waals surface area contributed by atoms with Gasteiger partial charge in [-0.1, -0.05) is 0 Å². The molecule has 1 aromatic heterocycles. The Labute approximate surface area is 140 Å². The number of benzene rings is 1. The SMILES string of the molecule is COC(=O)COc1ccc(C(=O)/C=C/c2cc(Br)cs2)cc1. The van der Waals surface area contributed by atoms with Crippen LogP contribution in [0.1, 0.15) is 15.2 Å². The van der Waals surface area contributed by atoms with Crippen LogP contribution in [0.15, 0.2) is 46.3 Å². The summed E-state index contributed by atoms with van der Waals surface area (Å²) >= 11 is 4.92. The molecule has 0 unspecified atom stereocenters. The number of allylic oxidation sites excluding steroid dienone is 1. The summed E-state index contributed by atoms with van der Waals surface area (Å²) in [5, 5.41) is 1.96. The summed E-state index contributed by atoms with van der Waals surface area (Å²) in [7, 11) is 1.30. The Balaban J connectivity index is 1.96. The lowest BCUT2D eigenvalue weighted by molar-refractivity contribution is -0.142. The van der Waals surface area contributed by atoms with E-state index in [0.29, 0.717) is 11.3 Å². The number of carbonyl (C=O) groups excluding carboxylic acids is 2. The lowest BCUT2D eigenvalue weighted by Crippen LogP contribution is -2.12. The first kappa shape index (κ1) is 16.5. The van der Waals surface area contributed by atoms with Crippen LogP contribution in [0.3, 0.4) is 0 Å². The molecule has 6 heteroatoms. The van der Waals surface area contributed by atoms with Gasteiger partial charge in [-0.25, -0.2) is 4.79 Å². The van der Waals surface area contributed by atoms with E-state index in [2.05, 4.69) is 20.7 Å². The highest BCUT2D eigenvalue weighted by atomic mass is 79.9. The number of hydrogen-bond acceptors (Lipinski definition) is 5. The number of halogens is 1. The summed E-state index contributed by atoms with van der Waals surface area (Å²) in [4.78, 5) is 24.0. The van der Waals surface area contributed by atoms with Gasteiger partial charge in [0.1, 0.15) is 5.75 Å². The molecule has 114 valence electrons. The van der Waals surface area contributed by atoms with Crippen molar-refractivity contribution in [1.29, 1.82) is 0 Å². The second-order valence-electron chi connectivity index (χ2n) is 4.25. The fourth-order valence-electron chi connectivity index (χ4n) is 1.59. The zero-order valence-corrected chi connectivity index (χ0v) is 14.1. The van der Waals surface area contributed by atoms with Gasteiger partial charge in [0.15, 0.2) is 12.4 Å². The van der Waals surface area contributed by atoms with Crippen molar-refractivity contribution in [3.8, 4) is 5.75 Å². The highest BCUT2D eigenvalue weighted by Gasteiger charge is 2.05. The molecule has 22 heavy (non-hydrogen) atoms. The van der Waals surface area contributed by atoms with Crippen molar-refractivity contribution in [3.05, 3.63) is 56.7 Å². The number of ether oxygens (including phenoxy) is 2. The van der Waals surface area contributed by atoms with Crippen LogP contribution in [0.4, 0.5) is 0 Å². The smallest absolute Gasteiger partial charge is 0.343 e. The number of ketones is 1. The third-order valence-corrected chi connectivity index (χ3v) is 4.37. The average Bonchev–Trinajstić information content (AvgIpc) is 2.96. The van der Waals surface area contributed by atoms with Crippen LogP contribution < -0.4 is 4.74 Å². The first-order valence-electron chi connectivity index (χ1n) is 6.34. The van der Waals surface area contributed by atoms with Crippen LogP contribution >= 0.6 is 27.3 Å². The maximum Gasteiger partial charge on any atom is 0.343 e. The van der Waals surface area contributed by atoms with E-state index in [1.165, 1.54) is 13.2 Å². The Bertz CT molecular complexity index is 688. The van der Waals surface area contributed by atoms with E-state index in [9.17, 15) is 9.59 Å². The highest BCUT2D eigenvalue weighted by molar-refractivity contribution is 9.10. The Kier molecular flexibility index (Phi) is 5.91. The highest BCUT2D eigenvalue weighted by Crippen LogP contribution is 2.21. The van der Waals surface area contributed by atoms with Gasteiger partial charge in [-0.15, -0.1) is 11.3 Å². The zero-order chi connectivity index (χ0) is 15.9. The fraction of sp³-hybridized carbons (Fsp3) is 0.125. The number of rotatable bonds is 6. The van der Waals surface area contributed by atoms with E-state index >= 15 is 0 Å². The normalized spacial score (nSPS) is 10.6. The molecule has 0 saturated heterocycles. The lowest BCUT2D eigenvalue weighted by atomic mass is 10.1. The summed E-state index contributed by atoms with van der Waals surface area (Å²) in [5.41, 5.74) is 0.553. The minimum atomic E-state index is -0.454. The Morgan fingerprint density at radius 2 is 2.00 bits per heavy atom. The van der Waals surface area contributed by atoms with E-state index in [4.69, 9.17) is 4.74 Å². The predicted octanol–water partition coefficient (Wildman–Crippen LogP) is 3.96. The van der Waals surface area contributed by atoms with Crippen molar-refractivity contribution in [2.75, 3.05) is 13.7 Å². The second kappa shape index (κ2) is 7.91. The van der Waals surface area contributed by atoms with E-state index in [0.717, 1.165) is 9.35 Å². The van der Waals surface area contributed by atoms with Gasteiger partial charge in [-0.05, 0) is 58.4 Å². The monoisotopic (exact) mass is 380 g/mol. The largest absolute Gasteiger partial charge is 0.482 e. The van der Waals surface area contributed by atoms with Crippen molar-refractivity contribution >= 4 is 45.1 Å². The molecule has 0 N–H and O–H groups in total. The molecule has 0 aliphatic rings. The van der Waals surface area contributed by atoms with Crippen molar-refractivity contribution in [2.45, 2.75) is 0 Å². The molecule has 2 aromatic rings. The van der Waals surface area contributed by atoms with Gasteiger partial charge < -0.3 is 9.47 Å². The van der Waals surface area contributed by atoms with Crippen LogP contribution in [-0.2, 0) is 9.53 Å². The van der Waals surface area contributed by atoms with E-state index in [-0.39, 0.29) is 12.4 Å². The van der Waals surface area contributed by atoms with E-state index in [1.807, 2.05) is 11.4 Å². The molecule has 1 aromatic carbocycles. The molecule has 2 rings (SSSR count). The van der Waals surface area contributed by atoms with Gasteiger partial charge in [0.2, 0.25) is 0 Å². The Hall–Kier alpha value is -1.92. The van der Waals surface area contributed by atoms with Gasteiger partial charge >= 0.3 is 5.97 Å². The van der Waals surface area contributed by atoms with Gasteiger partial charge in [-0.3, -0.25) is 4.79 Å². The molecule has 0 fully saturated rings. The minimum absolute atomic E-state index is 0.0935. The standard InChI is InChI=1S/C16H13BrO4S/c1-20-16(19)9-21-13-4-2-11(3-5-13)15(18)7-6-14-8-12(17)10-22-14/h2-8,10H,9H2,1H3/b7-6+. The van der Waals surface area contributed by atoms with Gasteiger partial charge in [0, 0.05) is 20.3 Å². The molecule has 0 spiro atoms. The van der Waals surface area contributed by atoms with Crippen LogP contribution in [0.2, 0.25) is 0 Å². The summed E-state index contributed by atoms with van der Waals surface area (Å²) in [5.74, 6) is -0.0395. The number of thiophene rings is 1. The van der Waals surface area contributed by atoms with Crippen molar-refractivity contribution < 1.29 is 19.1 Å². The summed E-state index contributed by atoms with van der Waals surface area (Å²) in [6.45, 7) is -0.156. The summed E-state index contributed by atoms with van der Waals surface area (Å²) < 4.78 is 10.7. The molecule has 0 aliphatic heterocycles. The van der Waals surface area contributed by atoms with Crippen molar-refractivity contribution in [3.63, 3.8) is 0 Å². The number of hydrogen-bond donors (Lipinski definition) is 0. The molecule has 0 amide bonds. The molecular weight excluding hydrogens is 368 g/mol. The van der Waals surface area contributed by atoms with Crippen LogP contribution in [0.25, 0.3) is 6.08 Å². The average molecular weight is 381 g/mol. The van der Waals surface area contributed by atoms with Gasteiger partial charge in [-0.2, -0.15) is 0 Å². The maximum absolute atomic E-state index is 12.0. The molecular formula is C16H13BrO4S. The lowest BCUT2D eigenvalue weighted by Gasteiger charge is -2.04. The minimum Gasteiger partial charge on any atom is -0.482 e. The Morgan fingerprint density at radius 1 is 1.27 bits per heavy atom. The third-order valence-electron chi connectivity index (χ3n) is 2.71. The van der Waals surface area contributed by atoms with Crippen molar-refractivity contribution in [1.82, 2.24) is 0 Å². The first-order valence-corrected chi connectivity index (χ1v) is 8.02. The van der Waals surface area contributed by atoms with E-state index < -0.39 is 5.97 Å². The number of esters is 1. The Morgan fingerprint density at radius 3 is 2.59 bits per heavy atom. The number of carbonyl (C=O) groups is 2. The molecule has 4 nitrogen and oxygen atoms in total. The van der Waals surface area contributed by atoms with Crippen molar-refractivity contribution in [2.24, 2.45) is 0 Å². The number of methoxy groups -OCH3 is 1. The van der Waals surface area contributed by atoms with Gasteiger partial charge in [0.25, 0.3) is 0 Å². The molecule has 0 saturated carbocycles. The summed E-state index contributed by atoms with van der Waals surface area (Å²) in [6.07, 6.45) is 3.31. The van der Waals surface area contributed by atoms with E-state index in [1.54, 1.807) is 41.7 Å². The molecule has 0 aliphatic carbocycles. The molecule has 0 atom stereocenters. The summed E-state index contributed by atoms with van der Waals surface area (Å²) in [6, 6.07) is 8.54. The van der Waals surface area contributed by atoms with Crippen LogP contribution in [0, 0.1) is 0 Å². The van der Waals surface area contributed by atoms with Crippen LogP contribution in [-0.4, -0.2) is 25.5 Å². The molecule has 0 radical (unpaired) electrons. The molecule has 1 heterocycles. The quantitative estimate of drug-likeness (QED) is 0.432. The predicted molar refractivity (Wildman–Crippen MR) is 89.3 cm³/mol. The topological polar surface area (TPSA) is 52.6 Å². The fourth-order valence-corrected chi connectivity index (χ4v) is 2.92.